The average Bonchev–Trinajstić information content (AvgIpc) is 2.03. The molecule has 0 aliphatic heterocycles. The van der Waals surface area contributed by atoms with Crippen molar-refractivity contribution in [1.82, 2.24) is 10.2 Å². The SMILES string of the molecule is CC(CNCC(=O)N(C)C)S(C)=O. The van der Waals surface area contributed by atoms with E-state index in [9.17, 15) is 9.00 Å². The lowest BCUT2D eigenvalue weighted by molar-refractivity contribution is -0.127. The van der Waals surface area contributed by atoms with E-state index in [1.165, 1.54) is 4.90 Å². The van der Waals surface area contributed by atoms with Crippen LogP contribution in [0.1, 0.15) is 6.92 Å². The Bertz CT molecular complexity index is 195. The molecule has 0 saturated heterocycles. The molecule has 1 N–H and O–H groups in total. The zero-order valence-corrected chi connectivity index (χ0v) is 9.48. The lowest BCUT2D eigenvalue weighted by Gasteiger charge is -2.12. The summed E-state index contributed by atoms with van der Waals surface area (Å²) in [6, 6.07) is 0. The van der Waals surface area contributed by atoms with Crippen molar-refractivity contribution in [2.75, 3.05) is 33.4 Å². The highest BCUT2D eigenvalue weighted by Crippen LogP contribution is 1.89. The molecule has 0 aliphatic rings. The van der Waals surface area contributed by atoms with Crippen molar-refractivity contribution in [1.29, 1.82) is 0 Å². The van der Waals surface area contributed by atoms with Crippen LogP contribution < -0.4 is 5.32 Å². The molecule has 13 heavy (non-hydrogen) atoms. The quantitative estimate of drug-likeness (QED) is 0.655. The zero-order valence-electron chi connectivity index (χ0n) is 8.66. The van der Waals surface area contributed by atoms with E-state index >= 15 is 0 Å². The summed E-state index contributed by atoms with van der Waals surface area (Å²) in [5.41, 5.74) is 0. The van der Waals surface area contributed by atoms with Crippen LogP contribution in [-0.2, 0) is 15.6 Å². The van der Waals surface area contributed by atoms with Gasteiger partial charge in [0.2, 0.25) is 5.91 Å². The van der Waals surface area contributed by atoms with Gasteiger partial charge in [0.15, 0.2) is 0 Å². The first-order valence-electron chi connectivity index (χ1n) is 4.18. The maximum Gasteiger partial charge on any atom is 0.236 e. The number of rotatable bonds is 5. The first-order valence-corrected chi connectivity index (χ1v) is 5.80. The molecular formula is C8H18N2O2S. The second-order valence-corrected chi connectivity index (χ2v) is 5.03. The van der Waals surface area contributed by atoms with Gasteiger partial charge in [-0.15, -0.1) is 0 Å². The third-order valence-corrected chi connectivity index (χ3v) is 3.07. The maximum absolute atomic E-state index is 11.1. The Kier molecular flexibility index (Phi) is 5.90. The number of hydrogen-bond acceptors (Lipinski definition) is 3. The minimum Gasteiger partial charge on any atom is -0.348 e. The third kappa shape index (κ3) is 5.76. The van der Waals surface area contributed by atoms with Gasteiger partial charge in [-0.25, -0.2) is 0 Å². The van der Waals surface area contributed by atoms with Gasteiger partial charge in [-0.2, -0.15) is 0 Å². The van der Waals surface area contributed by atoms with Crippen molar-refractivity contribution in [3.63, 3.8) is 0 Å². The van der Waals surface area contributed by atoms with Gasteiger partial charge in [-0.3, -0.25) is 9.00 Å². The van der Waals surface area contributed by atoms with Gasteiger partial charge in [-0.1, -0.05) is 0 Å². The van der Waals surface area contributed by atoms with Crippen molar-refractivity contribution in [3.05, 3.63) is 0 Å². The molecule has 4 nitrogen and oxygen atoms in total. The maximum atomic E-state index is 11.1. The van der Waals surface area contributed by atoms with Crippen molar-refractivity contribution in [2.45, 2.75) is 12.2 Å². The highest BCUT2D eigenvalue weighted by Gasteiger charge is 2.07. The van der Waals surface area contributed by atoms with Crippen LogP contribution in [0, 0.1) is 0 Å². The number of carbonyl (C=O) groups excluding carboxylic acids is 1. The van der Waals surface area contributed by atoms with Gasteiger partial charge in [0.1, 0.15) is 0 Å². The monoisotopic (exact) mass is 206 g/mol. The molecule has 0 aromatic rings. The van der Waals surface area contributed by atoms with E-state index in [0.717, 1.165) is 0 Å². The van der Waals surface area contributed by atoms with Gasteiger partial charge in [0, 0.05) is 42.9 Å². The van der Waals surface area contributed by atoms with Crippen LogP contribution in [0.15, 0.2) is 0 Å². The molecule has 0 saturated carbocycles. The lowest BCUT2D eigenvalue weighted by atomic mass is 10.4. The smallest absolute Gasteiger partial charge is 0.236 e. The molecule has 0 aliphatic carbocycles. The third-order valence-electron chi connectivity index (χ3n) is 1.77. The topological polar surface area (TPSA) is 49.4 Å². The summed E-state index contributed by atoms with van der Waals surface area (Å²) in [7, 11) is 2.60. The number of hydrogen-bond donors (Lipinski definition) is 1. The minimum atomic E-state index is -0.823. The highest BCUT2D eigenvalue weighted by molar-refractivity contribution is 7.84. The zero-order chi connectivity index (χ0) is 10.4. The normalized spacial score (nSPS) is 15.1. The fourth-order valence-corrected chi connectivity index (χ4v) is 1.01. The van der Waals surface area contributed by atoms with Crippen molar-refractivity contribution >= 4 is 16.7 Å². The number of nitrogens with one attached hydrogen (secondary N) is 1. The van der Waals surface area contributed by atoms with Crippen LogP contribution in [0.4, 0.5) is 0 Å². The summed E-state index contributed by atoms with van der Waals surface area (Å²) in [6.07, 6.45) is 1.67. The number of likely N-dealkylation sites (N-methyl/N-ethyl adjacent to an activating group) is 1. The van der Waals surface area contributed by atoms with Crippen LogP contribution in [0.3, 0.4) is 0 Å². The van der Waals surface area contributed by atoms with E-state index in [4.69, 9.17) is 0 Å². The van der Waals surface area contributed by atoms with E-state index in [0.29, 0.717) is 13.1 Å². The summed E-state index contributed by atoms with van der Waals surface area (Å²) in [4.78, 5) is 12.6. The molecule has 0 aromatic heterocycles. The summed E-state index contributed by atoms with van der Waals surface area (Å²) in [6.45, 7) is 2.82. The molecule has 0 spiro atoms. The van der Waals surface area contributed by atoms with E-state index in [1.54, 1.807) is 20.4 Å². The Morgan fingerprint density at radius 1 is 1.54 bits per heavy atom. The molecule has 0 aromatic carbocycles. The molecule has 2 unspecified atom stereocenters. The predicted octanol–water partition coefficient (Wildman–Crippen LogP) is -0.569. The molecule has 2 atom stereocenters. The van der Waals surface area contributed by atoms with Crippen LogP contribution >= 0.6 is 0 Å². The number of carbonyl (C=O) groups is 1. The van der Waals surface area contributed by atoms with Crippen LogP contribution in [0.25, 0.3) is 0 Å². The van der Waals surface area contributed by atoms with Gasteiger partial charge in [0.25, 0.3) is 0 Å². The number of nitrogens with zero attached hydrogens (tertiary/aromatic N) is 1. The molecule has 0 rings (SSSR count). The summed E-state index contributed by atoms with van der Waals surface area (Å²) >= 11 is 0. The van der Waals surface area contributed by atoms with Gasteiger partial charge < -0.3 is 10.2 Å². The van der Waals surface area contributed by atoms with Gasteiger partial charge >= 0.3 is 0 Å². The molecule has 0 bridgehead atoms. The predicted molar refractivity (Wildman–Crippen MR) is 55.1 cm³/mol. The Morgan fingerprint density at radius 2 is 2.08 bits per heavy atom. The molecule has 0 fully saturated rings. The highest BCUT2D eigenvalue weighted by atomic mass is 32.2. The largest absolute Gasteiger partial charge is 0.348 e. The fourth-order valence-electron chi connectivity index (χ4n) is 0.658. The second kappa shape index (κ2) is 6.10. The molecule has 5 heteroatoms. The van der Waals surface area contributed by atoms with Crippen molar-refractivity contribution in [2.24, 2.45) is 0 Å². The van der Waals surface area contributed by atoms with Crippen LogP contribution in [0.5, 0.6) is 0 Å². The van der Waals surface area contributed by atoms with E-state index in [1.807, 2.05) is 6.92 Å². The van der Waals surface area contributed by atoms with Crippen LogP contribution in [0.2, 0.25) is 0 Å². The van der Waals surface area contributed by atoms with E-state index < -0.39 is 10.8 Å². The summed E-state index contributed by atoms with van der Waals surface area (Å²) < 4.78 is 10.9. The standard InChI is InChI=1S/C8H18N2O2S/c1-7(13(4)12)5-9-6-8(11)10(2)3/h7,9H,5-6H2,1-4H3. The second-order valence-electron chi connectivity index (χ2n) is 3.23. The van der Waals surface area contributed by atoms with Gasteiger partial charge in [-0.05, 0) is 6.92 Å². The summed E-state index contributed by atoms with van der Waals surface area (Å²) in [5, 5.41) is 3.06. The number of amides is 1. The molecule has 78 valence electrons. The van der Waals surface area contributed by atoms with Crippen molar-refractivity contribution < 1.29 is 9.00 Å². The summed E-state index contributed by atoms with van der Waals surface area (Å²) in [5.74, 6) is 0.0362. The minimum absolute atomic E-state index is 0.0362. The van der Waals surface area contributed by atoms with Crippen molar-refractivity contribution in [3.8, 4) is 0 Å². The van der Waals surface area contributed by atoms with E-state index in [2.05, 4.69) is 5.32 Å². The molecule has 0 radical (unpaired) electrons. The molecule has 0 heterocycles. The molecular weight excluding hydrogens is 188 g/mol. The molecule has 1 amide bonds. The lowest BCUT2D eigenvalue weighted by Crippen LogP contribution is -2.36. The van der Waals surface area contributed by atoms with Gasteiger partial charge in [0.05, 0.1) is 6.54 Å². The van der Waals surface area contributed by atoms with E-state index in [-0.39, 0.29) is 11.2 Å². The average molecular weight is 206 g/mol. The fraction of sp³-hybridized carbons (Fsp3) is 0.875. The first-order chi connectivity index (χ1) is 5.95. The van der Waals surface area contributed by atoms with Crippen LogP contribution in [-0.4, -0.2) is 53.7 Å². The Morgan fingerprint density at radius 3 is 2.46 bits per heavy atom. The Hall–Kier alpha value is -0.420. The first kappa shape index (κ1) is 12.6. The Balaban J connectivity index is 3.56. The Labute approximate surface area is 82.1 Å².